The molecule has 2 heteroatoms. The Hall–Kier alpha value is 0.250. The van der Waals surface area contributed by atoms with E-state index in [-0.39, 0.29) is 0 Å². The van der Waals surface area contributed by atoms with Gasteiger partial charge in [-0.1, -0.05) is 32.6 Å². The van der Waals surface area contributed by atoms with E-state index < -0.39 is 0 Å². The number of nitrogens with zero attached hydrogens (tertiary/aromatic N) is 1. The number of alkyl halides is 1. The summed E-state index contributed by atoms with van der Waals surface area (Å²) in [5, 5.41) is 0. The van der Waals surface area contributed by atoms with Gasteiger partial charge in [-0.3, -0.25) is 4.90 Å². The predicted molar refractivity (Wildman–Crippen MR) is 64.1 cm³/mol. The maximum absolute atomic E-state index is 5.85. The van der Waals surface area contributed by atoms with E-state index in [4.69, 9.17) is 11.6 Å². The minimum atomic E-state index is 0.788. The van der Waals surface area contributed by atoms with Crippen molar-refractivity contribution < 1.29 is 0 Å². The molecule has 0 unspecified atom stereocenters. The third kappa shape index (κ3) is 4.18. The van der Waals surface area contributed by atoms with Crippen molar-refractivity contribution in [1.82, 2.24) is 4.90 Å². The smallest absolute Gasteiger partial charge is 0.0351 e. The molecule has 0 saturated heterocycles. The van der Waals surface area contributed by atoms with Crippen LogP contribution in [0.15, 0.2) is 0 Å². The van der Waals surface area contributed by atoms with Gasteiger partial charge in [-0.2, -0.15) is 0 Å². The molecular formula is C12H24ClN. The van der Waals surface area contributed by atoms with Crippen LogP contribution in [-0.4, -0.2) is 29.9 Å². The number of halogens is 1. The van der Waals surface area contributed by atoms with Gasteiger partial charge >= 0.3 is 0 Å². The number of rotatable bonds is 5. The molecule has 1 fully saturated rings. The summed E-state index contributed by atoms with van der Waals surface area (Å²) in [4.78, 5) is 2.61. The summed E-state index contributed by atoms with van der Waals surface area (Å²) < 4.78 is 0. The van der Waals surface area contributed by atoms with Crippen LogP contribution < -0.4 is 0 Å². The SMILES string of the molecule is CCCN(CCCl)C1CCCCCC1. The zero-order chi connectivity index (χ0) is 10.2. The van der Waals surface area contributed by atoms with Crippen molar-refractivity contribution in [3.63, 3.8) is 0 Å². The second kappa shape index (κ2) is 7.53. The van der Waals surface area contributed by atoms with Gasteiger partial charge in [0.05, 0.1) is 0 Å². The molecular weight excluding hydrogens is 194 g/mol. The van der Waals surface area contributed by atoms with E-state index in [2.05, 4.69) is 11.8 Å². The molecule has 0 bridgehead atoms. The van der Waals surface area contributed by atoms with Gasteiger partial charge in [-0.15, -0.1) is 11.6 Å². The second-order valence-corrected chi connectivity index (χ2v) is 4.75. The Kier molecular flexibility index (Phi) is 6.63. The first-order valence-corrected chi connectivity index (χ1v) is 6.72. The molecule has 1 nitrogen and oxygen atoms in total. The van der Waals surface area contributed by atoms with Gasteiger partial charge in [0.15, 0.2) is 0 Å². The summed E-state index contributed by atoms with van der Waals surface area (Å²) >= 11 is 5.85. The molecule has 0 N–H and O–H groups in total. The molecule has 0 aromatic carbocycles. The second-order valence-electron chi connectivity index (χ2n) is 4.37. The minimum absolute atomic E-state index is 0.788. The van der Waals surface area contributed by atoms with Crippen molar-refractivity contribution in [3.05, 3.63) is 0 Å². The molecule has 0 aromatic rings. The molecule has 14 heavy (non-hydrogen) atoms. The zero-order valence-electron chi connectivity index (χ0n) is 9.47. The highest BCUT2D eigenvalue weighted by molar-refractivity contribution is 6.18. The van der Waals surface area contributed by atoms with Crippen molar-refractivity contribution in [3.8, 4) is 0 Å². The van der Waals surface area contributed by atoms with Gasteiger partial charge in [0.2, 0.25) is 0 Å². The van der Waals surface area contributed by atoms with Crippen molar-refractivity contribution in [2.45, 2.75) is 57.9 Å². The fraction of sp³-hybridized carbons (Fsp3) is 1.00. The molecule has 0 heterocycles. The Labute approximate surface area is 93.8 Å². The van der Waals surface area contributed by atoms with Crippen LogP contribution in [0.3, 0.4) is 0 Å². The van der Waals surface area contributed by atoms with Crippen LogP contribution in [0.2, 0.25) is 0 Å². The van der Waals surface area contributed by atoms with E-state index in [0.717, 1.165) is 18.5 Å². The molecule has 1 saturated carbocycles. The lowest BCUT2D eigenvalue weighted by atomic mass is 10.1. The molecule has 0 spiro atoms. The largest absolute Gasteiger partial charge is 0.299 e. The van der Waals surface area contributed by atoms with Crippen molar-refractivity contribution >= 4 is 11.6 Å². The molecule has 0 aromatic heterocycles. The highest BCUT2D eigenvalue weighted by atomic mass is 35.5. The Morgan fingerprint density at radius 3 is 2.21 bits per heavy atom. The molecule has 1 rings (SSSR count). The van der Waals surface area contributed by atoms with Crippen molar-refractivity contribution in [2.75, 3.05) is 19.0 Å². The Bertz CT molecular complexity index is 124. The zero-order valence-corrected chi connectivity index (χ0v) is 10.2. The average molecular weight is 218 g/mol. The van der Waals surface area contributed by atoms with Crippen LogP contribution >= 0.6 is 11.6 Å². The van der Waals surface area contributed by atoms with Crippen molar-refractivity contribution in [2.24, 2.45) is 0 Å². The summed E-state index contributed by atoms with van der Waals surface area (Å²) in [6.07, 6.45) is 9.79. The van der Waals surface area contributed by atoms with Crippen LogP contribution in [0.4, 0.5) is 0 Å². The monoisotopic (exact) mass is 217 g/mol. The Morgan fingerprint density at radius 1 is 1.07 bits per heavy atom. The average Bonchev–Trinajstić information content (AvgIpc) is 2.45. The normalized spacial score (nSPS) is 19.9. The van der Waals surface area contributed by atoms with E-state index in [1.165, 1.54) is 51.5 Å². The fourth-order valence-corrected chi connectivity index (χ4v) is 2.71. The van der Waals surface area contributed by atoms with Crippen LogP contribution in [0.1, 0.15) is 51.9 Å². The van der Waals surface area contributed by atoms with Crippen LogP contribution in [0.25, 0.3) is 0 Å². The Morgan fingerprint density at radius 2 is 1.71 bits per heavy atom. The lowest BCUT2D eigenvalue weighted by molar-refractivity contribution is 0.189. The van der Waals surface area contributed by atoms with Crippen molar-refractivity contribution in [1.29, 1.82) is 0 Å². The van der Waals surface area contributed by atoms with E-state index in [9.17, 15) is 0 Å². The van der Waals surface area contributed by atoms with Crippen LogP contribution in [0.5, 0.6) is 0 Å². The first-order chi connectivity index (χ1) is 6.88. The lowest BCUT2D eigenvalue weighted by Gasteiger charge is -2.30. The highest BCUT2D eigenvalue weighted by Crippen LogP contribution is 2.21. The summed E-state index contributed by atoms with van der Waals surface area (Å²) in [5.74, 6) is 0.788. The molecule has 0 amide bonds. The van der Waals surface area contributed by atoms with E-state index >= 15 is 0 Å². The topological polar surface area (TPSA) is 3.24 Å². The van der Waals surface area contributed by atoms with E-state index in [1.54, 1.807) is 0 Å². The van der Waals surface area contributed by atoms with Gasteiger partial charge < -0.3 is 0 Å². The first kappa shape index (κ1) is 12.3. The molecule has 84 valence electrons. The van der Waals surface area contributed by atoms with Gasteiger partial charge in [-0.05, 0) is 25.8 Å². The summed E-state index contributed by atoms with van der Waals surface area (Å²) in [7, 11) is 0. The molecule has 0 radical (unpaired) electrons. The molecule has 0 atom stereocenters. The quantitative estimate of drug-likeness (QED) is 0.502. The lowest BCUT2D eigenvalue weighted by Crippen LogP contribution is -2.37. The summed E-state index contributed by atoms with van der Waals surface area (Å²) in [6.45, 7) is 4.58. The molecule has 1 aliphatic rings. The maximum atomic E-state index is 5.85. The van der Waals surface area contributed by atoms with Gasteiger partial charge in [0.1, 0.15) is 0 Å². The van der Waals surface area contributed by atoms with E-state index in [0.29, 0.717) is 0 Å². The molecule has 0 aliphatic heterocycles. The third-order valence-corrected chi connectivity index (χ3v) is 3.39. The molecule has 1 aliphatic carbocycles. The highest BCUT2D eigenvalue weighted by Gasteiger charge is 2.18. The summed E-state index contributed by atoms with van der Waals surface area (Å²) in [6, 6.07) is 0.830. The van der Waals surface area contributed by atoms with Crippen LogP contribution in [0, 0.1) is 0 Å². The first-order valence-electron chi connectivity index (χ1n) is 6.18. The van der Waals surface area contributed by atoms with Gasteiger partial charge in [-0.25, -0.2) is 0 Å². The van der Waals surface area contributed by atoms with Gasteiger partial charge in [0.25, 0.3) is 0 Å². The minimum Gasteiger partial charge on any atom is -0.299 e. The van der Waals surface area contributed by atoms with Crippen LogP contribution in [-0.2, 0) is 0 Å². The Balaban J connectivity index is 2.38. The predicted octanol–water partition coefficient (Wildman–Crippen LogP) is 3.66. The third-order valence-electron chi connectivity index (χ3n) is 3.22. The number of hydrogen-bond acceptors (Lipinski definition) is 1. The summed E-state index contributed by atoms with van der Waals surface area (Å²) in [5.41, 5.74) is 0. The number of hydrogen-bond donors (Lipinski definition) is 0. The van der Waals surface area contributed by atoms with Gasteiger partial charge in [0, 0.05) is 18.5 Å². The van der Waals surface area contributed by atoms with E-state index in [1.807, 2.05) is 0 Å². The maximum Gasteiger partial charge on any atom is 0.0351 e. The fourth-order valence-electron chi connectivity index (χ4n) is 2.50. The standard InChI is InChI=1S/C12H24ClN/c1-2-10-14(11-9-13)12-7-5-3-4-6-8-12/h12H,2-11H2,1H3.